The van der Waals surface area contributed by atoms with Crippen LogP contribution in [0.15, 0.2) is 30.3 Å². The SMILES string of the molecule is CN[C@@H](CN1CC(OC(=O)c2ccccc2)C1)C(F)(F)F. The third kappa shape index (κ3) is 4.18. The minimum atomic E-state index is -4.28. The van der Waals surface area contributed by atoms with Crippen molar-refractivity contribution in [2.24, 2.45) is 0 Å². The van der Waals surface area contributed by atoms with Crippen molar-refractivity contribution in [1.29, 1.82) is 0 Å². The van der Waals surface area contributed by atoms with Crippen LogP contribution in [0.2, 0.25) is 0 Å². The van der Waals surface area contributed by atoms with E-state index >= 15 is 0 Å². The van der Waals surface area contributed by atoms with Crippen LogP contribution in [0.1, 0.15) is 10.4 Å². The molecule has 0 spiro atoms. The molecule has 1 aromatic rings. The summed E-state index contributed by atoms with van der Waals surface area (Å²) < 4.78 is 43.0. The normalized spacial score (nSPS) is 18.1. The van der Waals surface area contributed by atoms with Gasteiger partial charge in [-0.2, -0.15) is 13.2 Å². The highest BCUT2D eigenvalue weighted by atomic mass is 19.4. The van der Waals surface area contributed by atoms with Crippen molar-refractivity contribution >= 4 is 5.97 Å². The second-order valence-corrected chi connectivity index (χ2v) is 4.99. The Bertz CT molecular complexity index is 473. The summed E-state index contributed by atoms with van der Waals surface area (Å²) in [5, 5.41) is 2.25. The van der Waals surface area contributed by atoms with Crippen molar-refractivity contribution in [2.45, 2.75) is 18.3 Å². The average molecular weight is 302 g/mol. The second-order valence-electron chi connectivity index (χ2n) is 4.99. The number of carbonyl (C=O) groups is 1. The predicted octanol–water partition coefficient (Wildman–Crippen LogP) is 1.68. The van der Waals surface area contributed by atoms with Gasteiger partial charge in [0.15, 0.2) is 0 Å². The monoisotopic (exact) mass is 302 g/mol. The molecule has 4 nitrogen and oxygen atoms in total. The van der Waals surface area contributed by atoms with E-state index in [0.29, 0.717) is 18.7 Å². The van der Waals surface area contributed by atoms with E-state index in [1.54, 1.807) is 35.2 Å². The number of hydrogen-bond acceptors (Lipinski definition) is 4. The number of nitrogens with zero attached hydrogens (tertiary/aromatic N) is 1. The maximum atomic E-state index is 12.6. The predicted molar refractivity (Wildman–Crippen MR) is 71.0 cm³/mol. The highest BCUT2D eigenvalue weighted by Crippen LogP contribution is 2.23. The molecule has 1 aliphatic heterocycles. The molecule has 1 heterocycles. The molecule has 21 heavy (non-hydrogen) atoms. The van der Waals surface area contributed by atoms with Crippen LogP contribution in [-0.4, -0.2) is 55.9 Å². The Labute approximate surface area is 120 Å². The first kappa shape index (κ1) is 15.8. The molecule has 7 heteroatoms. The molecular formula is C14H17F3N2O2. The smallest absolute Gasteiger partial charge is 0.405 e. The van der Waals surface area contributed by atoms with Gasteiger partial charge >= 0.3 is 12.1 Å². The molecule has 1 fully saturated rings. The summed E-state index contributed by atoms with van der Waals surface area (Å²) in [6.45, 7) is 0.513. The van der Waals surface area contributed by atoms with E-state index in [0.717, 1.165) is 0 Å². The molecule has 0 amide bonds. The lowest BCUT2D eigenvalue weighted by atomic mass is 10.1. The van der Waals surface area contributed by atoms with E-state index in [9.17, 15) is 18.0 Å². The van der Waals surface area contributed by atoms with Crippen LogP contribution in [0.5, 0.6) is 0 Å². The molecule has 0 aromatic heterocycles. The number of likely N-dealkylation sites (tertiary alicyclic amines) is 1. The van der Waals surface area contributed by atoms with Gasteiger partial charge in [0.2, 0.25) is 0 Å². The average Bonchev–Trinajstić information content (AvgIpc) is 2.40. The van der Waals surface area contributed by atoms with Gasteiger partial charge in [0, 0.05) is 19.6 Å². The van der Waals surface area contributed by atoms with Crippen molar-refractivity contribution < 1.29 is 22.7 Å². The molecule has 2 rings (SSSR count). The molecule has 0 radical (unpaired) electrons. The van der Waals surface area contributed by atoms with E-state index in [1.165, 1.54) is 7.05 Å². The fourth-order valence-corrected chi connectivity index (χ4v) is 2.16. The summed E-state index contributed by atoms with van der Waals surface area (Å²) >= 11 is 0. The van der Waals surface area contributed by atoms with Crippen molar-refractivity contribution in [1.82, 2.24) is 10.2 Å². The number of ether oxygens (including phenoxy) is 1. The van der Waals surface area contributed by atoms with Gasteiger partial charge in [-0.25, -0.2) is 4.79 Å². The van der Waals surface area contributed by atoms with Gasteiger partial charge in [-0.1, -0.05) is 18.2 Å². The van der Waals surface area contributed by atoms with Gasteiger partial charge in [0.1, 0.15) is 12.1 Å². The van der Waals surface area contributed by atoms with Crippen LogP contribution < -0.4 is 5.32 Å². The number of nitrogens with one attached hydrogen (secondary N) is 1. The van der Waals surface area contributed by atoms with E-state index in [1.807, 2.05) is 0 Å². The van der Waals surface area contributed by atoms with Crippen LogP contribution in [0.4, 0.5) is 13.2 Å². The number of likely N-dealkylation sites (N-methyl/N-ethyl adjacent to an activating group) is 1. The Morgan fingerprint density at radius 3 is 2.52 bits per heavy atom. The third-order valence-electron chi connectivity index (χ3n) is 3.39. The Balaban J connectivity index is 1.76. The van der Waals surface area contributed by atoms with Crippen LogP contribution in [-0.2, 0) is 4.74 Å². The lowest BCUT2D eigenvalue weighted by molar-refractivity contribution is -0.164. The van der Waals surface area contributed by atoms with Crippen LogP contribution in [0.3, 0.4) is 0 Å². The van der Waals surface area contributed by atoms with E-state index in [4.69, 9.17) is 4.74 Å². The summed E-state index contributed by atoms with van der Waals surface area (Å²) in [5.74, 6) is -0.443. The highest BCUT2D eigenvalue weighted by molar-refractivity contribution is 5.89. The van der Waals surface area contributed by atoms with Crippen LogP contribution in [0, 0.1) is 0 Å². The number of hydrogen-bond donors (Lipinski definition) is 1. The topological polar surface area (TPSA) is 41.6 Å². The van der Waals surface area contributed by atoms with Gasteiger partial charge in [-0.15, -0.1) is 0 Å². The summed E-state index contributed by atoms with van der Waals surface area (Å²) in [6.07, 6.45) is -4.62. The van der Waals surface area contributed by atoms with Crippen molar-refractivity contribution in [3.63, 3.8) is 0 Å². The summed E-state index contributed by atoms with van der Waals surface area (Å²) in [7, 11) is 1.28. The highest BCUT2D eigenvalue weighted by Gasteiger charge is 2.42. The Morgan fingerprint density at radius 2 is 2.00 bits per heavy atom. The number of rotatable bonds is 5. The number of carbonyl (C=O) groups excluding carboxylic acids is 1. The van der Waals surface area contributed by atoms with Crippen LogP contribution in [0.25, 0.3) is 0 Å². The van der Waals surface area contributed by atoms with Gasteiger partial charge < -0.3 is 10.1 Å². The molecule has 1 aromatic carbocycles. The molecule has 116 valence electrons. The summed E-state index contributed by atoms with van der Waals surface area (Å²) in [6, 6.07) is 6.95. The largest absolute Gasteiger partial charge is 0.456 e. The molecule has 0 saturated carbocycles. The maximum absolute atomic E-state index is 12.6. The lowest BCUT2D eigenvalue weighted by Gasteiger charge is -2.40. The molecule has 1 N–H and O–H groups in total. The molecule has 0 unspecified atom stereocenters. The lowest BCUT2D eigenvalue weighted by Crippen LogP contribution is -2.59. The number of alkyl halides is 3. The number of benzene rings is 1. The number of esters is 1. The van der Waals surface area contributed by atoms with Gasteiger partial charge in [0.05, 0.1) is 5.56 Å². The van der Waals surface area contributed by atoms with Gasteiger partial charge in [-0.3, -0.25) is 4.90 Å². The van der Waals surface area contributed by atoms with Gasteiger partial charge in [-0.05, 0) is 19.2 Å². The fourth-order valence-electron chi connectivity index (χ4n) is 2.16. The first-order valence-electron chi connectivity index (χ1n) is 6.62. The summed E-state index contributed by atoms with van der Waals surface area (Å²) in [5.41, 5.74) is 0.444. The first-order chi connectivity index (χ1) is 9.90. The Morgan fingerprint density at radius 1 is 1.38 bits per heavy atom. The zero-order chi connectivity index (χ0) is 15.5. The van der Waals surface area contributed by atoms with E-state index in [-0.39, 0.29) is 12.6 Å². The molecule has 0 bridgehead atoms. The molecule has 1 saturated heterocycles. The van der Waals surface area contributed by atoms with Gasteiger partial charge in [0.25, 0.3) is 0 Å². The Hall–Kier alpha value is -1.60. The first-order valence-corrected chi connectivity index (χ1v) is 6.62. The quantitative estimate of drug-likeness (QED) is 0.840. The molecule has 1 aliphatic rings. The molecular weight excluding hydrogens is 285 g/mol. The minimum absolute atomic E-state index is 0.139. The third-order valence-corrected chi connectivity index (χ3v) is 3.39. The molecule has 0 aliphatic carbocycles. The van der Waals surface area contributed by atoms with E-state index < -0.39 is 18.2 Å². The number of halogens is 3. The summed E-state index contributed by atoms with van der Waals surface area (Å²) in [4.78, 5) is 13.4. The minimum Gasteiger partial charge on any atom is -0.456 e. The van der Waals surface area contributed by atoms with Crippen molar-refractivity contribution in [3.8, 4) is 0 Å². The van der Waals surface area contributed by atoms with Crippen molar-refractivity contribution in [3.05, 3.63) is 35.9 Å². The zero-order valence-corrected chi connectivity index (χ0v) is 11.6. The Kier molecular flexibility index (Phi) is 4.84. The maximum Gasteiger partial charge on any atom is 0.405 e. The standard InChI is InChI=1S/C14H17F3N2O2/c1-18-12(14(15,16)17)9-19-7-11(8-19)21-13(20)10-5-3-2-4-6-10/h2-6,11-12,18H,7-9H2,1H3/t12-/m0/s1. The second kappa shape index (κ2) is 6.44. The zero-order valence-electron chi connectivity index (χ0n) is 11.6. The van der Waals surface area contributed by atoms with E-state index in [2.05, 4.69) is 5.32 Å². The van der Waals surface area contributed by atoms with Crippen molar-refractivity contribution in [2.75, 3.05) is 26.7 Å². The fraction of sp³-hybridized carbons (Fsp3) is 0.500. The van der Waals surface area contributed by atoms with Crippen LogP contribution >= 0.6 is 0 Å². The molecule has 1 atom stereocenters.